The molecule has 2 rings (SSSR count). The minimum atomic E-state index is -0.255. The fourth-order valence-corrected chi connectivity index (χ4v) is 1.10. The van der Waals surface area contributed by atoms with Gasteiger partial charge < -0.3 is 0 Å². The number of aromatic nitrogens is 2. The Bertz CT molecular complexity index is 385. The number of hydrogen-bond acceptors (Lipinski definition) is 2. The Hall–Kier alpha value is -1.51. The molecule has 0 saturated carbocycles. The summed E-state index contributed by atoms with van der Waals surface area (Å²) in [6.45, 7) is 1.81. The van der Waals surface area contributed by atoms with Crippen LogP contribution in [0.3, 0.4) is 0 Å². The van der Waals surface area contributed by atoms with Crippen molar-refractivity contribution in [2.24, 2.45) is 0 Å². The van der Waals surface area contributed by atoms with Crippen LogP contribution in [0.1, 0.15) is 5.82 Å². The minimum Gasteiger partial charge on any atom is -0.241 e. The maximum atomic E-state index is 12.7. The zero-order chi connectivity index (χ0) is 8.55. The predicted molar refractivity (Wildman–Crippen MR) is 44.2 cm³/mol. The molecule has 0 aliphatic carbocycles. The molecule has 0 bridgehead atoms. The number of hydrogen-bond donors (Lipinski definition) is 0. The molecule has 2 aromatic rings. The summed E-state index contributed by atoms with van der Waals surface area (Å²) in [5.41, 5.74) is 0.781. The highest BCUT2D eigenvalue weighted by molar-refractivity contribution is 5.77. The zero-order valence-corrected chi connectivity index (χ0v) is 6.58. The molecule has 2 nitrogen and oxygen atoms in total. The molecular weight excluding hydrogens is 155 g/mol. The normalized spacial score (nSPS) is 10.5. The van der Waals surface area contributed by atoms with Crippen LogP contribution in [0.5, 0.6) is 0 Å². The van der Waals surface area contributed by atoms with Gasteiger partial charge in [-0.15, -0.1) is 0 Å². The van der Waals surface area contributed by atoms with Gasteiger partial charge in [-0.05, 0) is 25.1 Å². The predicted octanol–water partition coefficient (Wildman–Crippen LogP) is 2.08. The molecule has 1 aromatic heterocycles. The van der Waals surface area contributed by atoms with Crippen LogP contribution in [-0.4, -0.2) is 9.97 Å². The topological polar surface area (TPSA) is 25.8 Å². The number of benzene rings is 1. The molecule has 3 heteroatoms. The quantitative estimate of drug-likeness (QED) is 0.592. The van der Waals surface area contributed by atoms with E-state index in [0.717, 1.165) is 10.9 Å². The second kappa shape index (κ2) is 2.52. The van der Waals surface area contributed by atoms with E-state index in [-0.39, 0.29) is 5.82 Å². The van der Waals surface area contributed by atoms with Gasteiger partial charge in [0.25, 0.3) is 0 Å². The van der Waals surface area contributed by atoms with E-state index in [1.54, 1.807) is 12.3 Å². The van der Waals surface area contributed by atoms with Crippen molar-refractivity contribution >= 4 is 10.9 Å². The van der Waals surface area contributed by atoms with Crippen LogP contribution in [0.25, 0.3) is 10.9 Å². The summed E-state index contributed by atoms with van der Waals surface area (Å²) >= 11 is 0. The Morgan fingerprint density at radius 3 is 3.00 bits per heavy atom. The van der Waals surface area contributed by atoms with E-state index in [1.807, 2.05) is 6.92 Å². The highest BCUT2D eigenvalue weighted by Crippen LogP contribution is 2.11. The molecule has 0 aliphatic heterocycles. The first-order valence-electron chi connectivity index (χ1n) is 3.64. The van der Waals surface area contributed by atoms with Gasteiger partial charge >= 0.3 is 0 Å². The van der Waals surface area contributed by atoms with Gasteiger partial charge in [-0.1, -0.05) is 0 Å². The SMILES string of the molecule is Cc1ncc2cc(F)ccc2n1. The summed E-state index contributed by atoms with van der Waals surface area (Å²) in [7, 11) is 0. The highest BCUT2D eigenvalue weighted by Gasteiger charge is 1.96. The molecule has 1 heterocycles. The van der Waals surface area contributed by atoms with Crippen molar-refractivity contribution in [2.45, 2.75) is 6.92 Å². The van der Waals surface area contributed by atoms with E-state index in [1.165, 1.54) is 12.1 Å². The fourth-order valence-electron chi connectivity index (χ4n) is 1.10. The largest absolute Gasteiger partial charge is 0.241 e. The number of halogens is 1. The van der Waals surface area contributed by atoms with E-state index >= 15 is 0 Å². The van der Waals surface area contributed by atoms with Gasteiger partial charge in [0.05, 0.1) is 5.52 Å². The van der Waals surface area contributed by atoms with E-state index in [9.17, 15) is 4.39 Å². The van der Waals surface area contributed by atoms with Crippen molar-refractivity contribution in [3.05, 3.63) is 36.0 Å². The summed E-state index contributed by atoms with van der Waals surface area (Å²) in [4.78, 5) is 8.11. The van der Waals surface area contributed by atoms with Crippen molar-refractivity contribution in [1.29, 1.82) is 0 Å². The molecule has 0 unspecified atom stereocenters. The number of aryl methyl sites for hydroxylation is 1. The molecule has 0 atom stereocenters. The van der Waals surface area contributed by atoms with E-state index in [2.05, 4.69) is 9.97 Å². The molecule has 1 aromatic carbocycles. The lowest BCUT2D eigenvalue weighted by molar-refractivity contribution is 0.629. The molecule has 0 N–H and O–H groups in total. The van der Waals surface area contributed by atoms with Gasteiger partial charge in [0.2, 0.25) is 0 Å². The number of nitrogens with zero attached hydrogens (tertiary/aromatic N) is 2. The second-order valence-electron chi connectivity index (χ2n) is 2.62. The lowest BCUT2D eigenvalue weighted by Crippen LogP contribution is -1.87. The summed E-state index contributed by atoms with van der Waals surface area (Å²) < 4.78 is 12.7. The first kappa shape index (κ1) is 7.16. The van der Waals surface area contributed by atoms with Crippen molar-refractivity contribution in [1.82, 2.24) is 9.97 Å². The summed E-state index contributed by atoms with van der Waals surface area (Å²) in [6, 6.07) is 4.48. The summed E-state index contributed by atoms with van der Waals surface area (Å²) in [5, 5.41) is 0.737. The lowest BCUT2D eigenvalue weighted by Gasteiger charge is -1.96. The van der Waals surface area contributed by atoms with Gasteiger partial charge in [-0.25, -0.2) is 14.4 Å². The number of fused-ring (bicyclic) bond motifs is 1. The third-order valence-corrected chi connectivity index (χ3v) is 1.66. The van der Waals surface area contributed by atoms with Crippen molar-refractivity contribution in [3.8, 4) is 0 Å². The molecule has 0 radical (unpaired) electrons. The smallest absolute Gasteiger partial charge is 0.125 e. The Morgan fingerprint density at radius 1 is 1.33 bits per heavy atom. The highest BCUT2D eigenvalue weighted by atomic mass is 19.1. The molecule has 0 fully saturated rings. The van der Waals surface area contributed by atoms with Crippen LogP contribution in [0.2, 0.25) is 0 Å². The van der Waals surface area contributed by atoms with Crippen LogP contribution in [0, 0.1) is 12.7 Å². The lowest BCUT2D eigenvalue weighted by atomic mass is 10.2. The molecular formula is C9H7FN2. The molecule has 12 heavy (non-hydrogen) atoms. The standard InChI is InChI=1S/C9H7FN2/c1-6-11-5-7-4-8(10)2-3-9(7)12-6/h2-5H,1H3. The molecule has 0 aliphatic rings. The molecule has 60 valence electrons. The van der Waals surface area contributed by atoms with Gasteiger partial charge in [0.1, 0.15) is 11.6 Å². The van der Waals surface area contributed by atoms with Gasteiger partial charge in [0.15, 0.2) is 0 Å². The van der Waals surface area contributed by atoms with Crippen molar-refractivity contribution < 1.29 is 4.39 Å². The Morgan fingerprint density at radius 2 is 2.17 bits per heavy atom. The first-order chi connectivity index (χ1) is 5.75. The van der Waals surface area contributed by atoms with E-state index < -0.39 is 0 Å². The maximum absolute atomic E-state index is 12.7. The maximum Gasteiger partial charge on any atom is 0.125 e. The Labute approximate surface area is 69.1 Å². The van der Waals surface area contributed by atoms with Crippen LogP contribution in [-0.2, 0) is 0 Å². The van der Waals surface area contributed by atoms with Crippen LogP contribution >= 0.6 is 0 Å². The Balaban J connectivity index is 2.79. The summed E-state index contributed by atoms with van der Waals surface area (Å²) in [5.74, 6) is 0.448. The van der Waals surface area contributed by atoms with E-state index in [4.69, 9.17) is 0 Å². The van der Waals surface area contributed by atoms with E-state index in [0.29, 0.717) is 5.82 Å². The van der Waals surface area contributed by atoms with Crippen LogP contribution in [0.15, 0.2) is 24.4 Å². The summed E-state index contributed by atoms with van der Waals surface area (Å²) in [6.07, 6.45) is 1.63. The molecule has 0 spiro atoms. The third kappa shape index (κ3) is 1.13. The molecule has 0 amide bonds. The zero-order valence-electron chi connectivity index (χ0n) is 6.58. The second-order valence-corrected chi connectivity index (χ2v) is 2.62. The van der Waals surface area contributed by atoms with Gasteiger partial charge in [-0.3, -0.25) is 0 Å². The average Bonchev–Trinajstić information content (AvgIpc) is 2.05. The first-order valence-corrected chi connectivity index (χ1v) is 3.64. The third-order valence-electron chi connectivity index (χ3n) is 1.66. The Kier molecular flexibility index (Phi) is 1.50. The van der Waals surface area contributed by atoms with Gasteiger partial charge in [0, 0.05) is 11.6 Å². The fraction of sp³-hybridized carbons (Fsp3) is 0.111. The molecule has 0 saturated heterocycles. The number of rotatable bonds is 0. The van der Waals surface area contributed by atoms with Crippen LogP contribution < -0.4 is 0 Å². The van der Waals surface area contributed by atoms with Crippen molar-refractivity contribution in [3.63, 3.8) is 0 Å². The monoisotopic (exact) mass is 162 g/mol. The minimum absolute atomic E-state index is 0.255. The van der Waals surface area contributed by atoms with Gasteiger partial charge in [-0.2, -0.15) is 0 Å². The van der Waals surface area contributed by atoms with Crippen LogP contribution in [0.4, 0.5) is 4.39 Å². The average molecular weight is 162 g/mol. The van der Waals surface area contributed by atoms with Crippen molar-refractivity contribution in [2.75, 3.05) is 0 Å².